The van der Waals surface area contributed by atoms with Crippen molar-refractivity contribution in [2.45, 2.75) is 25.7 Å². The summed E-state index contributed by atoms with van der Waals surface area (Å²) in [5.74, 6) is 0.972. The van der Waals surface area contributed by atoms with Crippen molar-refractivity contribution in [3.05, 3.63) is 23.8 Å². The Labute approximate surface area is 158 Å². The van der Waals surface area contributed by atoms with Crippen LogP contribution in [0.25, 0.3) is 6.08 Å². The summed E-state index contributed by atoms with van der Waals surface area (Å²) in [5, 5.41) is 0. The summed E-state index contributed by atoms with van der Waals surface area (Å²) in [4.78, 5) is 25.9. The van der Waals surface area contributed by atoms with Crippen molar-refractivity contribution in [1.29, 1.82) is 0 Å². The molecule has 0 aliphatic carbocycles. The Kier molecular flexibility index (Phi) is 6.57. The Morgan fingerprint density at radius 3 is 2.59 bits per heavy atom. The van der Waals surface area contributed by atoms with Crippen molar-refractivity contribution >= 4 is 18.0 Å². The lowest BCUT2D eigenvalue weighted by Crippen LogP contribution is -2.35. The summed E-state index contributed by atoms with van der Waals surface area (Å²) in [7, 11) is 1.55. The van der Waals surface area contributed by atoms with E-state index in [0.29, 0.717) is 36.0 Å². The average Bonchev–Trinajstić information content (AvgIpc) is 2.99. The molecular formula is C20H25NO6. The molecule has 1 aromatic carbocycles. The number of carbonyl (C=O) groups is 2. The number of nitrogens with zero attached hydrogens (tertiary/aromatic N) is 1. The number of rotatable bonds is 5. The van der Waals surface area contributed by atoms with E-state index in [2.05, 4.69) is 0 Å². The molecule has 2 aliphatic rings. The van der Waals surface area contributed by atoms with Gasteiger partial charge in [-0.3, -0.25) is 4.79 Å². The van der Waals surface area contributed by atoms with E-state index in [0.717, 1.165) is 38.8 Å². The molecule has 1 fully saturated rings. The van der Waals surface area contributed by atoms with Crippen LogP contribution < -0.4 is 14.2 Å². The fourth-order valence-electron chi connectivity index (χ4n) is 3.15. The van der Waals surface area contributed by atoms with Gasteiger partial charge in [0.1, 0.15) is 13.2 Å². The number of esters is 1. The van der Waals surface area contributed by atoms with Gasteiger partial charge in [0.25, 0.3) is 5.91 Å². The van der Waals surface area contributed by atoms with Gasteiger partial charge >= 0.3 is 5.97 Å². The fraction of sp³-hybridized carbons (Fsp3) is 0.500. The number of amides is 1. The maximum atomic E-state index is 12.2. The summed E-state index contributed by atoms with van der Waals surface area (Å²) >= 11 is 0. The van der Waals surface area contributed by atoms with E-state index >= 15 is 0 Å². The average molecular weight is 375 g/mol. The molecule has 1 saturated heterocycles. The SMILES string of the molecule is COc1cc(/C=C/C(=O)OCC(=O)N2CCCCCC2)cc2c1OCCO2. The van der Waals surface area contributed by atoms with Crippen LogP contribution in [0.2, 0.25) is 0 Å². The minimum atomic E-state index is -0.563. The summed E-state index contributed by atoms with van der Waals surface area (Å²) in [6, 6.07) is 3.52. The van der Waals surface area contributed by atoms with Gasteiger partial charge in [-0.05, 0) is 36.6 Å². The molecule has 0 saturated carbocycles. The van der Waals surface area contributed by atoms with Crippen molar-refractivity contribution < 1.29 is 28.5 Å². The van der Waals surface area contributed by atoms with Crippen LogP contribution in [0.1, 0.15) is 31.2 Å². The van der Waals surface area contributed by atoms with Gasteiger partial charge in [-0.15, -0.1) is 0 Å². The summed E-state index contributed by atoms with van der Waals surface area (Å²) < 4.78 is 21.5. The number of ether oxygens (including phenoxy) is 4. The highest BCUT2D eigenvalue weighted by Gasteiger charge is 2.18. The van der Waals surface area contributed by atoms with Crippen LogP contribution in [0.5, 0.6) is 17.2 Å². The summed E-state index contributed by atoms with van der Waals surface area (Å²) in [5.41, 5.74) is 0.715. The minimum absolute atomic E-state index is 0.139. The normalized spacial score (nSPS) is 16.7. The summed E-state index contributed by atoms with van der Waals surface area (Å²) in [6.07, 6.45) is 7.19. The third kappa shape index (κ3) is 5.15. The molecule has 3 rings (SSSR count). The molecule has 0 bridgehead atoms. The molecule has 2 heterocycles. The molecule has 146 valence electrons. The van der Waals surface area contributed by atoms with Crippen LogP contribution in [0.3, 0.4) is 0 Å². The van der Waals surface area contributed by atoms with Gasteiger partial charge in [0, 0.05) is 19.2 Å². The first-order valence-electron chi connectivity index (χ1n) is 9.27. The van der Waals surface area contributed by atoms with Gasteiger partial charge in [-0.2, -0.15) is 0 Å². The van der Waals surface area contributed by atoms with Crippen molar-refractivity contribution in [3.63, 3.8) is 0 Å². The standard InChI is InChI=1S/C20H25NO6/c1-24-16-12-15(13-17-20(16)26-11-10-25-17)6-7-19(23)27-14-18(22)21-8-4-2-3-5-9-21/h6-7,12-13H,2-5,8-11,14H2,1H3/b7-6+. The van der Waals surface area contributed by atoms with E-state index in [1.165, 1.54) is 6.08 Å². The van der Waals surface area contributed by atoms with E-state index in [1.807, 2.05) is 0 Å². The number of benzene rings is 1. The number of likely N-dealkylation sites (tertiary alicyclic amines) is 1. The van der Waals surface area contributed by atoms with Crippen LogP contribution in [-0.2, 0) is 14.3 Å². The van der Waals surface area contributed by atoms with E-state index in [1.54, 1.807) is 30.2 Å². The van der Waals surface area contributed by atoms with E-state index in [9.17, 15) is 9.59 Å². The molecular weight excluding hydrogens is 350 g/mol. The Balaban J connectivity index is 1.56. The molecule has 0 aromatic heterocycles. The van der Waals surface area contributed by atoms with Crippen molar-refractivity contribution in [2.75, 3.05) is 40.0 Å². The maximum Gasteiger partial charge on any atom is 0.331 e. The second-order valence-corrected chi connectivity index (χ2v) is 6.48. The number of hydrogen-bond donors (Lipinski definition) is 0. The highest BCUT2D eigenvalue weighted by molar-refractivity contribution is 5.89. The van der Waals surface area contributed by atoms with Crippen molar-refractivity contribution in [3.8, 4) is 17.2 Å². The minimum Gasteiger partial charge on any atom is -0.493 e. The third-order valence-corrected chi connectivity index (χ3v) is 4.56. The summed E-state index contributed by atoms with van der Waals surface area (Å²) in [6.45, 7) is 2.18. The monoisotopic (exact) mass is 375 g/mol. The molecule has 2 aliphatic heterocycles. The lowest BCUT2D eigenvalue weighted by Gasteiger charge is -2.21. The smallest absolute Gasteiger partial charge is 0.331 e. The van der Waals surface area contributed by atoms with Gasteiger partial charge in [0.15, 0.2) is 18.1 Å². The van der Waals surface area contributed by atoms with Gasteiger partial charge in [0.05, 0.1) is 7.11 Å². The largest absolute Gasteiger partial charge is 0.493 e. The van der Waals surface area contributed by atoms with Crippen LogP contribution in [0.15, 0.2) is 18.2 Å². The van der Waals surface area contributed by atoms with E-state index < -0.39 is 5.97 Å². The maximum absolute atomic E-state index is 12.2. The topological polar surface area (TPSA) is 74.3 Å². The van der Waals surface area contributed by atoms with Gasteiger partial charge < -0.3 is 23.8 Å². The Morgan fingerprint density at radius 1 is 1.11 bits per heavy atom. The zero-order chi connectivity index (χ0) is 19.1. The van der Waals surface area contributed by atoms with E-state index in [4.69, 9.17) is 18.9 Å². The molecule has 1 amide bonds. The Morgan fingerprint density at radius 2 is 1.85 bits per heavy atom. The van der Waals surface area contributed by atoms with Gasteiger partial charge in [-0.1, -0.05) is 12.8 Å². The molecule has 0 atom stereocenters. The molecule has 0 N–H and O–H groups in total. The van der Waals surface area contributed by atoms with Crippen molar-refractivity contribution in [1.82, 2.24) is 4.90 Å². The first kappa shape index (κ1) is 19.1. The predicted molar refractivity (Wildman–Crippen MR) is 99.0 cm³/mol. The lowest BCUT2D eigenvalue weighted by atomic mass is 10.1. The van der Waals surface area contributed by atoms with Crippen LogP contribution >= 0.6 is 0 Å². The second-order valence-electron chi connectivity index (χ2n) is 6.48. The molecule has 7 heteroatoms. The molecule has 0 unspecified atom stereocenters. The van der Waals surface area contributed by atoms with Crippen LogP contribution in [0, 0.1) is 0 Å². The molecule has 7 nitrogen and oxygen atoms in total. The number of hydrogen-bond acceptors (Lipinski definition) is 6. The number of methoxy groups -OCH3 is 1. The quantitative estimate of drug-likeness (QED) is 0.581. The van der Waals surface area contributed by atoms with Crippen LogP contribution in [-0.4, -0.2) is 56.8 Å². The zero-order valence-electron chi connectivity index (χ0n) is 15.6. The highest BCUT2D eigenvalue weighted by Crippen LogP contribution is 2.40. The predicted octanol–water partition coefficient (Wildman–Crippen LogP) is 2.43. The first-order chi connectivity index (χ1) is 13.2. The van der Waals surface area contributed by atoms with Crippen molar-refractivity contribution in [2.24, 2.45) is 0 Å². The van der Waals surface area contributed by atoms with E-state index in [-0.39, 0.29) is 12.5 Å². The van der Waals surface area contributed by atoms with Gasteiger partial charge in [0.2, 0.25) is 5.75 Å². The Hall–Kier alpha value is -2.70. The molecule has 27 heavy (non-hydrogen) atoms. The van der Waals surface area contributed by atoms with Crippen LogP contribution in [0.4, 0.5) is 0 Å². The Bertz CT molecular complexity index is 689. The molecule has 0 spiro atoms. The lowest BCUT2D eigenvalue weighted by molar-refractivity contribution is -0.148. The number of fused-ring (bicyclic) bond motifs is 1. The van der Waals surface area contributed by atoms with Gasteiger partial charge in [-0.25, -0.2) is 4.79 Å². The second kappa shape index (κ2) is 9.30. The third-order valence-electron chi connectivity index (χ3n) is 4.56. The highest BCUT2D eigenvalue weighted by atomic mass is 16.6. The molecule has 1 aromatic rings. The molecule has 0 radical (unpaired) electrons. The first-order valence-corrected chi connectivity index (χ1v) is 9.27. The number of carbonyl (C=O) groups excluding carboxylic acids is 2. The fourth-order valence-corrected chi connectivity index (χ4v) is 3.15. The zero-order valence-corrected chi connectivity index (χ0v) is 15.6.